The smallest absolute Gasteiger partial charge is 0.158 e. The molecule has 1 aromatic heterocycles. The van der Waals surface area contributed by atoms with Gasteiger partial charge in [-0.3, -0.25) is 0 Å². The minimum absolute atomic E-state index is 0.303. The Hall–Kier alpha value is -2.51. The van der Waals surface area contributed by atoms with E-state index in [-0.39, 0.29) is 0 Å². The molecule has 4 aromatic rings. The Balaban J connectivity index is 1.96. The van der Waals surface area contributed by atoms with Gasteiger partial charge in [0.15, 0.2) is 4.32 Å². The van der Waals surface area contributed by atoms with Crippen molar-refractivity contribution in [2.75, 3.05) is 0 Å². The number of benzene rings is 3. The Bertz CT molecular complexity index is 1240. The van der Waals surface area contributed by atoms with Gasteiger partial charge < -0.3 is 0 Å². The highest BCUT2D eigenvalue weighted by atomic mass is 35.5. The molecule has 4 nitrogen and oxygen atoms in total. The maximum atomic E-state index is 6.27. The Kier molecular flexibility index (Phi) is 6.29. The van der Waals surface area contributed by atoms with Gasteiger partial charge in [-0.15, -0.1) is 22.9 Å². The van der Waals surface area contributed by atoms with E-state index in [0.29, 0.717) is 37.1 Å². The zero-order valence-corrected chi connectivity index (χ0v) is 18.6. The first-order valence-electron chi connectivity index (χ1n) is 8.88. The summed E-state index contributed by atoms with van der Waals surface area (Å²) in [6.07, 6.45) is 0. The third-order valence-corrected chi connectivity index (χ3v) is 5.20. The largest absolute Gasteiger partial charge is 0.213 e. The highest BCUT2D eigenvalue weighted by Gasteiger charge is 2.22. The monoisotopic (exact) mass is 468 g/mol. The van der Waals surface area contributed by atoms with E-state index in [4.69, 9.17) is 40.5 Å². The van der Waals surface area contributed by atoms with Gasteiger partial charge in [0.2, 0.25) is 0 Å². The van der Waals surface area contributed by atoms with Gasteiger partial charge in [0.25, 0.3) is 0 Å². The van der Waals surface area contributed by atoms with E-state index in [1.54, 1.807) is 22.9 Å². The molecule has 0 aliphatic rings. The Morgan fingerprint density at radius 3 is 2.10 bits per heavy atom. The summed E-state index contributed by atoms with van der Waals surface area (Å²) in [6.45, 7) is 0. The normalized spacial score (nSPS) is 11.2. The van der Waals surface area contributed by atoms with Crippen LogP contribution < -0.4 is 0 Å². The minimum atomic E-state index is 0.303. The molecule has 0 saturated carbocycles. The molecule has 0 fully saturated rings. The third-order valence-electron chi connectivity index (χ3n) is 4.30. The number of rotatable bonds is 4. The number of hydrogen-bond donors (Lipinski definition) is 1. The van der Waals surface area contributed by atoms with Gasteiger partial charge in [-0.1, -0.05) is 96.1 Å². The third kappa shape index (κ3) is 4.32. The molecule has 3 aromatic carbocycles. The van der Waals surface area contributed by atoms with Crippen LogP contribution in [-0.2, 0) is 0 Å². The predicted molar refractivity (Wildman–Crippen MR) is 131 cm³/mol. The van der Waals surface area contributed by atoms with Crippen molar-refractivity contribution in [3.05, 3.63) is 88.9 Å². The van der Waals surface area contributed by atoms with Gasteiger partial charge in [-0.25, -0.2) is 4.68 Å². The summed E-state index contributed by atoms with van der Waals surface area (Å²) in [5.41, 5.74) is 4.17. The highest BCUT2D eigenvalue weighted by Crippen LogP contribution is 2.41. The van der Waals surface area contributed by atoms with Crippen molar-refractivity contribution in [3.8, 4) is 22.5 Å². The second-order valence-corrected chi connectivity index (χ2v) is 8.22. The van der Waals surface area contributed by atoms with Crippen LogP contribution in [0.2, 0.25) is 10.0 Å². The maximum Gasteiger partial charge on any atom is 0.158 e. The molecular weight excluding hydrogens is 455 g/mol. The second kappa shape index (κ2) is 9.10. The Morgan fingerprint density at radius 1 is 0.867 bits per heavy atom. The average Bonchev–Trinajstić information content (AvgIpc) is 3.14. The number of nitrogens with zero attached hydrogens (tertiary/aromatic N) is 4. The van der Waals surface area contributed by atoms with Gasteiger partial charge >= 0.3 is 0 Å². The number of thiocarbonyl (C=S) groups is 1. The molecule has 30 heavy (non-hydrogen) atoms. The van der Waals surface area contributed by atoms with E-state index in [9.17, 15) is 0 Å². The molecule has 8 heteroatoms. The summed E-state index contributed by atoms with van der Waals surface area (Å²) in [5.74, 6) is 0. The lowest BCUT2D eigenvalue weighted by molar-refractivity contribution is 0.976. The van der Waals surface area contributed by atoms with E-state index in [1.807, 2.05) is 60.7 Å². The van der Waals surface area contributed by atoms with Gasteiger partial charge in [-0.05, 0) is 18.2 Å². The fourth-order valence-corrected chi connectivity index (χ4v) is 3.68. The van der Waals surface area contributed by atoms with Crippen LogP contribution in [0, 0.1) is 0 Å². The van der Waals surface area contributed by atoms with Crippen LogP contribution in [0.3, 0.4) is 0 Å². The van der Waals surface area contributed by atoms with Crippen molar-refractivity contribution in [1.29, 1.82) is 0 Å². The van der Waals surface area contributed by atoms with E-state index in [0.717, 1.165) is 11.1 Å². The average molecular weight is 469 g/mol. The Morgan fingerprint density at radius 2 is 1.50 bits per heavy atom. The summed E-state index contributed by atoms with van der Waals surface area (Å²) in [4.78, 5) is 0. The van der Waals surface area contributed by atoms with Crippen molar-refractivity contribution in [3.63, 3.8) is 0 Å². The predicted octanol–water partition coefficient (Wildman–Crippen LogP) is 8.00. The minimum Gasteiger partial charge on any atom is -0.213 e. The number of thiol groups is 1. The summed E-state index contributed by atoms with van der Waals surface area (Å²) in [7, 11) is 0. The van der Waals surface area contributed by atoms with Crippen LogP contribution in [0.15, 0.2) is 89.1 Å². The van der Waals surface area contributed by atoms with E-state index >= 15 is 0 Å². The van der Waals surface area contributed by atoms with E-state index < -0.39 is 0 Å². The summed E-state index contributed by atoms with van der Waals surface area (Å²) < 4.78 is 1.89. The standard InChI is InChI=1S/C22H14Cl2N4S2/c23-16-11-12-18(17(24)13-16)25-26-20-19(14-7-3-1-4-8-14)27-28(22(29)30)21(20)15-9-5-2-6-10-15/h1-13H,(H,29,30). The van der Waals surface area contributed by atoms with Crippen molar-refractivity contribution in [2.45, 2.75) is 0 Å². The topological polar surface area (TPSA) is 42.5 Å². The zero-order chi connectivity index (χ0) is 21.1. The molecule has 0 bridgehead atoms. The van der Waals surface area contributed by atoms with Crippen LogP contribution in [0.4, 0.5) is 11.4 Å². The zero-order valence-electron chi connectivity index (χ0n) is 15.4. The summed E-state index contributed by atoms with van der Waals surface area (Å²) >= 11 is 22.0. The van der Waals surface area contributed by atoms with Gasteiger partial charge in [0, 0.05) is 16.1 Å². The van der Waals surface area contributed by atoms with E-state index in [2.05, 4.69) is 22.9 Å². The molecule has 4 rings (SSSR count). The second-order valence-electron chi connectivity index (χ2n) is 6.27. The van der Waals surface area contributed by atoms with Crippen LogP contribution in [-0.4, -0.2) is 14.1 Å². The fourth-order valence-electron chi connectivity index (χ4n) is 2.95. The SMILES string of the molecule is S=C(S)n1nc(-c2ccccc2)c(N=Nc2ccc(Cl)cc2Cl)c1-c1ccccc1. The molecule has 0 unspecified atom stereocenters. The molecule has 0 saturated heterocycles. The van der Waals surface area contributed by atoms with Crippen LogP contribution in [0.5, 0.6) is 0 Å². The molecule has 0 N–H and O–H groups in total. The molecule has 0 amide bonds. The number of azo groups is 1. The molecule has 1 heterocycles. The van der Waals surface area contributed by atoms with Gasteiger partial charge in [0.1, 0.15) is 22.8 Å². The molecule has 148 valence electrons. The molecule has 0 atom stereocenters. The maximum absolute atomic E-state index is 6.27. The van der Waals surface area contributed by atoms with Crippen molar-refractivity contribution < 1.29 is 0 Å². The molecule has 0 aliphatic carbocycles. The highest BCUT2D eigenvalue weighted by molar-refractivity contribution is 8.11. The Labute approximate surface area is 194 Å². The lowest BCUT2D eigenvalue weighted by Gasteiger charge is -2.05. The van der Waals surface area contributed by atoms with Crippen LogP contribution in [0.1, 0.15) is 0 Å². The number of hydrogen-bond acceptors (Lipinski definition) is 4. The van der Waals surface area contributed by atoms with Crippen LogP contribution >= 0.6 is 48.0 Å². The first-order valence-corrected chi connectivity index (χ1v) is 10.5. The van der Waals surface area contributed by atoms with E-state index in [1.165, 1.54) is 0 Å². The van der Waals surface area contributed by atoms with Gasteiger partial charge in [-0.2, -0.15) is 5.10 Å². The summed E-state index contributed by atoms with van der Waals surface area (Å²) in [6, 6.07) is 24.5. The van der Waals surface area contributed by atoms with Crippen LogP contribution in [0.25, 0.3) is 22.5 Å². The number of aromatic nitrogens is 2. The quantitative estimate of drug-likeness (QED) is 0.187. The lowest BCUT2D eigenvalue weighted by Crippen LogP contribution is -2.05. The first kappa shape index (κ1) is 20.8. The molecule has 0 radical (unpaired) electrons. The first-order chi connectivity index (χ1) is 14.5. The fraction of sp³-hybridized carbons (Fsp3) is 0. The molecular formula is C22H14Cl2N4S2. The van der Waals surface area contributed by atoms with Gasteiger partial charge in [0.05, 0.1) is 5.02 Å². The molecule has 0 spiro atoms. The number of halogens is 2. The molecule has 0 aliphatic heterocycles. The summed E-state index contributed by atoms with van der Waals surface area (Å²) in [5, 5.41) is 14.6. The van der Waals surface area contributed by atoms with Crippen molar-refractivity contribution >= 4 is 63.7 Å². The lowest BCUT2D eigenvalue weighted by atomic mass is 10.1. The van der Waals surface area contributed by atoms with Crippen molar-refractivity contribution in [1.82, 2.24) is 9.78 Å². The van der Waals surface area contributed by atoms with Crippen molar-refractivity contribution in [2.24, 2.45) is 10.2 Å².